The average molecular weight is 307 g/mol. The van der Waals surface area contributed by atoms with Crippen LogP contribution in [-0.2, 0) is 20.2 Å². The van der Waals surface area contributed by atoms with Crippen molar-refractivity contribution in [3.63, 3.8) is 0 Å². The highest BCUT2D eigenvalue weighted by molar-refractivity contribution is 7.90. The highest BCUT2D eigenvalue weighted by Crippen LogP contribution is 2.15. The van der Waals surface area contributed by atoms with Crippen molar-refractivity contribution in [3.05, 3.63) is 24.3 Å². The number of sulfonamides is 1. The van der Waals surface area contributed by atoms with E-state index in [4.69, 9.17) is 5.14 Å². The van der Waals surface area contributed by atoms with Crippen LogP contribution in [0.3, 0.4) is 0 Å². The lowest BCUT2D eigenvalue weighted by atomic mass is 10.1. The summed E-state index contributed by atoms with van der Waals surface area (Å²) in [5.74, 6) is 0. The molecule has 0 spiro atoms. The smallest absolute Gasteiger partial charge is 0.271 e. The Morgan fingerprint density at radius 2 is 1.68 bits per heavy atom. The van der Waals surface area contributed by atoms with Crippen LogP contribution < -0.4 is 14.6 Å². The van der Waals surface area contributed by atoms with Gasteiger partial charge in [-0.3, -0.25) is 4.72 Å². The zero-order valence-electron chi connectivity index (χ0n) is 10.8. The zero-order chi connectivity index (χ0) is 14.9. The van der Waals surface area contributed by atoms with Crippen molar-refractivity contribution in [1.82, 2.24) is 4.72 Å². The van der Waals surface area contributed by atoms with E-state index in [1.54, 1.807) is 20.8 Å². The number of hydrogen-bond donors (Lipinski definition) is 3. The highest BCUT2D eigenvalue weighted by Gasteiger charge is 2.20. The van der Waals surface area contributed by atoms with Crippen molar-refractivity contribution >= 4 is 25.9 Å². The Bertz CT molecular complexity index is 660. The molecule has 0 atom stereocenters. The number of primary sulfonamides is 1. The van der Waals surface area contributed by atoms with Gasteiger partial charge in [-0.2, -0.15) is 13.1 Å². The summed E-state index contributed by atoms with van der Waals surface area (Å²) in [6, 6.07) is 5.26. The quantitative estimate of drug-likeness (QED) is 0.745. The second-order valence-electron chi connectivity index (χ2n) is 5.03. The lowest BCUT2D eigenvalue weighted by Crippen LogP contribution is -2.43. The molecule has 4 N–H and O–H groups in total. The second kappa shape index (κ2) is 5.08. The molecule has 1 aromatic carbocycles. The zero-order valence-corrected chi connectivity index (χ0v) is 12.5. The standard InChI is InChI=1S/C10H17N3O4S2/c1-10(2,3)13-19(16,17)12-8-5-4-6-9(7-8)18(11,14)15/h4-7,12-13H,1-3H3,(H2,11,14,15). The van der Waals surface area contributed by atoms with Crippen molar-refractivity contribution in [2.75, 3.05) is 4.72 Å². The first-order chi connectivity index (χ1) is 8.39. The third kappa shape index (κ3) is 5.55. The lowest BCUT2D eigenvalue weighted by molar-refractivity contribution is 0.494. The van der Waals surface area contributed by atoms with Crippen molar-refractivity contribution in [3.8, 4) is 0 Å². The molecule has 0 radical (unpaired) electrons. The SMILES string of the molecule is CC(C)(C)NS(=O)(=O)Nc1cccc(S(N)(=O)=O)c1. The van der Waals surface area contributed by atoms with E-state index < -0.39 is 25.8 Å². The van der Waals surface area contributed by atoms with E-state index >= 15 is 0 Å². The number of hydrogen-bond acceptors (Lipinski definition) is 4. The molecule has 108 valence electrons. The van der Waals surface area contributed by atoms with Gasteiger partial charge in [0.15, 0.2) is 0 Å². The first-order valence-corrected chi connectivity index (χ1v) is 8.37. The fourth-order valence-electron chi connectivity index (χ4n) is 1.32. The Kier molecular flexibility index (Phi) is 4.25. The van der Waals surface area contributed by atoms with Gasteiger partial charge in [0.05, 0.1) is 10.6 Å². The Balaban J connectivity index is 3.02. The van der Waals surface area contributed by atoms with Gasteiger partial charge in [0.1, 0.15) is 0 Å². The van der Waals surface area contributed by atoms with Crippen LogP contribution in [0.5, 0.6) is 0 Å². The summed E-state index contributed by atoms with van der Waals surface area (Å²) < 4.78 is 50.5. The minimum Gasteiger partial charge on any atom is -0.271 e. The molecule has 0 saturated carbocycles. The Hall–Kier alpha value is -1.16. The molecular weight excluding hydrogens is 290 g/mol. The van der Waals surface area contributed by atoms with Crippen LogP contribution in [-0.4, -0.2) is 22.4 Å². The molecule has 0 aliphatic carbocycles. The van der Waals surface area contributed by atoms with Crippen LogP contribution in [0.25, 0.3) is 0 Å². The maximum Gasteiger partial charge on any atom is 0.299 e. The second-order valence-corrected chi connectivity index (χ2v) is 8.01. The molecule has 0 unspecified atom stereocenters. The minimum atomic E-state index is -3.87. The monoisotopic (exact) mass is 307 g/mol. The molecule has 0 amide bonds. The maximum absolute atomic E-state index is 11.8. The minimum absolute atomic E-state index is 0.114. The largest absolute Gasteiger partial charge is 0.299 e. The number of rotatable bonds is 4. The summed E-state index contributed by atoms with van der Waals surface area (Å²) >= 11 is 0. The van der Waals surface area contributed by atoms with Crippen LogP contribution in [0.4, 0.5) is 5.69 Å². The van der Waals surface area contributed by atoms with E-state index in [1.165, 1.54) is 18.2 Å². The molecule has 0 saturated heterocycles. The third-order valence-electron chi connectivity index (χ3n) is 1.86. The molecule has 19 heavy (non-hydrogen) atoms. The molecule has 9 heteroatoms. The van der Waals surface area contributed by atoms with Gasteiger partial charge in [-0.25, -0.2) is 13.6 Å². The summed E-state index contributed by atoms with van der Waals surface area (Å²) in [5.41, 5.74) is -0.535. The summed E-state index contributed by atoms with van der Waals surface area (Å²) in [4.78, 5) is -0.163. The van der Waals surface area contributed by atoms with Crippen LogP contribution in [0, 0.1) is 0 Å². The van der Waals surface area contributed by atoms with E-state index in [0.29, 0.717) is 0 Å². The Labute approximate surface area is 113 Å². The normalized spacial score (nSPS) is 13.3. The van der Waals surface area contributed by atoms with Gasteiger partial charge in [-0.15, -0.1) is 0 Å². The van der Waals surface area contributed by atoms with Crippen LogP contribution >= 0.6 is 0 Å². The van der Waals surface area contributed by atoms with E-state index in [9.17, 15) is 16.8 Å². The number of anilines is 1. The number of nitrogens with two attached hydrogens (primary N) is 1. The van der Waals surface area contributed by atoms with E-state index in [2.05, 4.69) is 9.44 Å². The molecule has 0 heterocycles. The third-order valence-corrected chi connectivity index (χ3v) is 4.15. The van der Waals surface area contributed by atoms with Crippen molar-refractivity contribution < 1.29 is 16.8 Å². The summed E-state index contributed by atoms with van der Waals surface area (Å²) in [7, 11) is -7.66. The number of nitrogens with one attached hydrogen (secondary N) is 2. The molecule has 0 aliphatic heterocycles. The Morgan fingerprint density at radius 3 is 2.16 bits per heavy atom. The van der Waals surface area contributed by atoms with E-state index in [1.807, 2.05) is 0 Å². The Morgan fingerprint density at radius 1 is 1.11 bits per heavy atom. The van der Waals surface area contributed by atoms with Crippen molar-refractivity contribution in [1.29, 1.82) is 0 Å². The van der Waals surface area contributed by atoms with Gasteiger partial charge in [0.2, 0.25) is 10.0 Å². The van der Waals surface area contributed by atoms with Crippen LogP contribution in [0.15, 0.2) is 29.2 Å². The fraction of sp³-hybridized carbons (Fsp3) is 0.400. The van der Waals surface area contributed by atoms with Gasteiger partial charge in [-0.05, 0) is 39.0 Å². The molecule has 1 aromatic rings. The van der Waals surface area contributed by atoms with Crippen LogP contribution in [0.2, 0.25) is 0 Å². The lowest BCUT2D eigenvalue weighted by Gasteiger charge is -2.21. The van der Waals surface area contributed by atoms with E-state index in [0.717, 1.165) is 6.07 Å². The molecule has 0 aliphatic rings. The summed E-state index contributed by atoms with van der Waals surface area (Å²) in [5, 5.41) is 4.97. The van der Waals surface area contributed by atoms with Crippen molar-refractivity contribution in [2.24, 2.45) is 5.14 Å². The summed E-state index contributed by atoms with van der Waals surface area (Å²) in [6.45, 7) is 5.06. The van der Waals surface area contributed by atoms with Crippen LogP contribution in [0.1, 0.15) is 20.8 Å². The molecule has 0 bridgehead atoms. The van der Waals surface area contributed by atoms with Gasteiger partial charge in [0.25, 0.3) is 10.2 Å². The molecule has 0 fully saturated rings. The average Bonchev–Trinajstić information content (AvgIpc) is 2.11. The van der Waals surface area contributed by atoms with Gasteiger partial charge in [0, 0.05) is 5.54 Å². The first kappa shape index (κ1) is 15.9. The molecule has 0 aromatic heterocycles. The van der Waals surface area contributed by atoms with Gasteiger partial charge in [-0.1, -0.05) is 6.07 Å². The summed E-state index contributed by atoms with van der Waals surface area (Å²) in [6.07, 6.45) is 0. The van der Waals surface area contributed by atoms with Crippen molar-refractivity contribution in [2.45, 2.75) is 31.2 Å². The highest BCUT2D eigenvalue weighted by atomic mass is 32.2. The maximum atomic E-state index is 11.8. The molecule has 7 nitrogen and oxygen atoms in total. The van der Waals surface area contributed by atoms with Gasteiger partial charge < -0.3 is 0 Å². The van der Waals surface area contributed by atoms with Gasteiger partial charge >= 0.3 is 0 Å². The van der Waals surface area contributed by atoms with E-state index in [-0.39, 0.29) is 10.6 Å². The predicted octanol–water partition coefficient (Wildman–Crippen LogP) is 0.379. The predicted molar refractivity (Wildman–Crippen MR) is 73.2 cm³/mol. The molecule has 1 rings (SSSR count). The fourth-order valence-corrected chi connectivity index (χ4v) is 3.17. The number of benzene rings is 1. The molecular formula is C10H17N3O4S2. The first-order valence-electron chi connectivity index (χ1n) is 5.34. The topological polar surface area (TPSA) is 118 Å².